The van der Waals surface area contributed by atoms with Gasteiger partial charge in [0.05, 0.1) is 23.8 Å². The predicted molar refractivity (Wildman–Crippen MR) is 160 cm³/mol. The Bertz CT molecular complexity index is 1750. The van der Waals surface area contributed by atoms with Gasteiger partial charge in [0.15, 0.2) is 0 Å². The molecule has 43 heavy (non-hydrogen) atoms. The molecule has 0 atom stereocenters. The van der Waals surface area contributed by atoms with Crippen LogP contribution >= 0.6 is 23.2 Å². The minimum Gasteiger partial charge on any atom is -0.506 e. The molecule has 4 heterocycles. The number of pyridine rings is 2. The van der Waals surface area contributed by atoms with Gasteiger partial charge < -0.3 is 9.84 Å². The zero-order chi connectivity index (χ0) is 30.2. The molecule has 0 bridgehead atoms. The van der Waals surface area contributed by atoms with Crippen molar-refractivity contribution in [2.45, 2.75) is 19.5 Å². The van der Waals surface area contributed by atoms with Crippen LogP contribution in [0.4, 0.5) is 8.78 Å². The molecule has 0 amide bonds. The fraction of sp³-hybridized carbons (Fsp3) is 0.0968. The number of nitrogens with zero attached hydrogens (tertiary/aromatic N) is 6. The van der Waals surface area contributed by atoms with Crippen molar-refractivity contribution >= 4 is 23.2 Å². The molecule has 6 rings (SSSR count). The van der Waals surface area contributed by atoms with Gasteiger partial charge in [0.2, 0.25) is 0 Å². The number of aromatic nitrogens is 6. The minimum atomic E-state index is -2.90. The molecule has 0 radical (unpaired) electrons. The van der Waals surface area contributed by atoms with Crippen LogP contribution in [0.2, 0.25) is 10.3 Å². The summed E-state index contributed by atoms with van der Waals surface area (Å²) in [6, 6.07) is 22.5. The topological polar surface area (TPSA) is 90.9 Å². The van der Waals surface area contributed by atoms with Crippen molar-refractivity contribution in [1.82, 2.24) is 29.5 Å². The Kier molecular flexibility index (Phi) is 9.60. The van der Waals surface area contributed by atoms with E-state index in [1.807, 2.05) is 73.1 Å². The highest BCUT2D eigenvalue weighted by Crippen LogP contribution is 2.26. The fourth-order valence-electron chi connectivity index (χ4n) is 4.21. The third kappa shape index (κ3) is 8.15. The van der Waals surface area contributed by atoms with E-state index in [1.165, 1.54) is 18.5 Å². The van der Waals surface area contributed by atoms with E-state index in [9.17, 15) is 13.9 Å². The molecule has 4 aromatic heterocycles. The van der Waals surface area contributed by atoms with E-state index in [1.54, 1.807) is 27.8 Å². The van der Waals surface area contributed by atoms with Crippen molar-refractivity contribution < 1.29 is 18.6 Å². The Labute approximate surface area is 255 Å². The Morgan fingerprint density at radius 1 is 0.721 bits per heavy atom. The van der Waals surface area contributed by atoms with Crippen LogP contribution in [-0.2, 0) is 12.8 Å². The Balaban J connectivity index is 0.000000173. The first-order valence-corrected chi connectivity index (χ1v) is 13.7. The van der Waals surface area contributed by atoms with E-state index < -0.39 is 6.61 Å². The van der Waals surface area contributed by atoms with E-state index in [0.717, 1.165) is 28.1 Å². The highest BCUT2D eigenvalue weighted by molar-refractivity contribution is 6.29. The van der Waals surface area contributed by atoms with Gasteiger partial charge in [-0.15, -0.1) is 0 Å². The van der Waals surface area contributed by atoms with Crippen LogP contribution in [0, 0.1) is 0 Å². The molecule has 8 nitrogen and oxygen atoms in total. The maximum atomic E-state index is 12.5. The highest BCUT2D eigenvalue weighted by Gasteiger charge is 2.12. The summed E-state index contributed by atoms with van der Waals surface area (Å²) in [7, 11) is 0. The van der Waals surface area contributed by atoms with E-state index >= 15 is 0 Å². The van der Waals surface area contributed by atoms with Crippen LogP contribution in [-0.4, -0.2) is 41.2 Å². The van der Waals surface area contributed by atoms with Gasteiger partial charge in [0, 0.05) is 48.8 Å². The maximum absolute atomic E-state index is 12.5. The lowest BCUT2D eigenvalue weighted by atomic mass is 10.1. The summed E-state index contributed by atoms with van der Waals surface area (Å²) in [5, 5.41) is 18.7. The van der Waals surface area contributed by atoms with Crippen LogP contribution in [0.25, 0.3) is 11.4 Å². The van der Waals surface area contributed by atoms with Crippen molar-refractivity contribution in [3.63, 3.8) is 0 Å². The first-order valence-electron chi connectivity index (χ1n) is 12.9. The molecular weight excluding hydrogens is 597 g/mol. The molecule has 0 aliphatic rings. The average Bonchev–Trinajstić information content (AvgIpc) is 3.73. The monoisotopic (exact) mass is 620 g/mol. The molecule has 12 heteroatoms. The molecule has 0 saturated heterocycles. The molecule has 1 N–H and O–H groups in total. The number of hydrogen-bond acceptors (Lipinski definition) is 6. The van der Waals surface area contributed by atoms with E-state index in [2.05, 4.69) is 24.9 Å². The number of rotatable bonds is 8. The molecule has 0 unspecified atom stereocenters. The van der Waals surface area contributed by atoms with Crippen LogP contribution in [0.3, 0.4) is 0 Å². The van der Waals surface area contributed by atoms with E-state index in [0.29, 0.717) is 23.6 Å². The van der Waals surface area contributed by atoms with Gasteiger partial charge in [-0.3, -0.25) is 0 Å². The summed E-state index contributed by atoms with van der Waals surface area (Å²) in [6.45, 7) is -2.90. The molecule has 6 aromatic rings. The largest absolute Gasteiger partial charge is 0.506 e. The number of aromatic hydroxyl groups is 1. The van der Waals surface area contributed by atoms with Crippen molar-refractivity contribution in [2.24, 2.45) is 0 Å². The smallest absolute Gasteiger partial charge is 0.387 e. The summed E-state index contributed by atoms with van der Waals surface area (Å²) < 4.78 is 32.9. The van der Waals surface area contributed by atoms with Crippen molar-refractivity contribution in [3.05, 3.63) is 143 Å². The number of hydrogen-bond donors (Lipinski definition) is 1. The molecule has 2 aromatic carbocycles. The Morgan fingerprint density at radius 3 is 1.70 bits per heavy atom. The molecule has 0 fully saturated rings. The normalized spacial score (nSPS) is 10.8. The van der Waals surface area contributed by atoms with Gasteiger partial charge in [-0.1, -0.05) is 47.5 Å². The fourth-order valence-corrected chi connectivity index (χ4v) is 4.57. The maximum Gasteiger partial charge on any atom is 0.387 e. The molecule has 0 aliphatic carbocycles. The lowest BCUT2D eigenvalue weighted by molar-refractivity contribution is -0.0506. The zero-order valence-electron chi connectivity index (χ0n) is 22.4. The molecule has 0 saturated carbocycles. The van der Waals surface area contributed by atoms with Crippen LogP contribution in [0.5, 0.6) is 11.5 Å². The molecule has 0 spiro atoms. The van der Waals surface area contributed by atoms with Crippen molar-refractivity contribution in [3.8, 4) is 22.9 Å². The third-order valence-corrected chi connectivity index (χ3v) is 6.68. The first kappa shape index (κ1) is 29.7. The van der Waals surface area contributed by atoms with Gasteiger partial charge in [0.1, 0.15) is 21.8 Å². The third-order valence-electron chi connectivity index (χ3n) is 6.26. The van der Waals surface area contributed by atoms with Gasteiger partial charge in [-0.25, -0.2) is 19.3 Å². The van der Waals surface area contributed by atoms with Gasteiger partial charge in [-0.2, -0.15) is 19.0 Å². The summed E-state index contributed by atoms with van der Waals surface area (Å²) in [4.78, 5) is 7.61. The second kappa shape index (κ2) is 13.9. The van der Waals surface area contributed by atoms with Crippen LogP contribution in [0.1, 0.15) is 22.3 Å². The van der Waals surface area contributed by atoms with Crippen LogP contribution < -0.4 is 4.74 Å². The van der Waals surface area contributed by atoms with Crippen molar-refractivity contribution in [1.29, 1.82) is 0 Å². The zero-order valence-corrected chi connectivity index (χ0v) is 23.9. The number of alkyl halides is 2. The van der Waals surface area contributed by atoms with E-state index in [-0.39, 0.29) is 16.7 Å². The summed E-state index contributed by atoms with van der Waals surface area (Å²) in [5.74, 6) is 0.186. The molecule has 218 valence electrons. The first-order chi connectivity index (χ1) is 20.8. The lowest BCUT2D eigenvalue weighted by Crippen LogP contribution is -2.05. The lowest BCUT2D eigenvalue weighted by Gasteiger charge is -2.11. The summed E-state index contributed by atoms with van der Waals surface area (Å²) >= 11 is 11.7. The highest BCUT2D eigenvalue weighted by atomic mass is 35.5. The summed E-state index contributed by atoms with van der Waals surface area (Å²) in [6.07, 6.45) is 10.8. The second-order valence-corrected chi connectivity index (χ2v) is 9.99. The Hall–Kier alpha value is -4.80. The summed E-state index contributed by atoms with van der Waals surface area (Å²) in [5.41, 5.74) is 5.24. The quantitative estimate of drug-likeness (QED) is 0.179. The standard InChI is InChI=1S/C16H12ClF2N3O.C15H12ClN3O/c17-15-9-12(14(10-20-15)23-16(18)19)8-11-2-4-13(5-3-11)22-7-1-6-21-22;16-15-9-12(14(20)10-17-15)8-11-2-4-13(5-3-11)19-7-1-6-18-19/h1-7,9-10,16H,8H2;1-7,9-10,20H,8H2. The number of halogens is 4. The molecule has 0 aliphatic heterocycles. The average molecular weight is 621 g/mol. The SMILES string of the molecule is FC(F)Oc1cnc(Cl)cc1Cc1ccc(-n2cccn2)cc1.Oc1cnc(Cl)cc1Cc1ccc(-n2cccn2)cc1. The van der Waals surface area contributed by atoms with Gasteiger partial charge in [0.25, 0.3) is 0 Å². The second-order valence-electron chi connectivity index (χ2n) is 9.22. The van der Waals surface area contributed by atoms with E-state index in [4.69, 9.17) is 23.2 Å². The van der Waals surface area contributed by atoms with Gasteiger partial charge >= 0.3 is 6.61 Å². The number of ether oxygens (including phenoxy) is 1. The van der Waals surface area contributed by atoms with Gasteiger partial charge in [-0.05, 0) is 59.7 Å². The van der Waals surface area contributed by atoms with Crippen LogP contribution in [0.15, 0.2) is 110 Å². The minimum absolute atomic E-state index is 0.0283. The van der Waals surface area contributed by atoms with Crippen molar-refractivity contribution in [2.75, 3.05) is 0 Å². The molecular formula is C31H24Cl2F2N6O2. The Morgan fingerprint density at radius 2 is 1.21 bits per heavy atom. The predicted octanol–water partition coefficient (Wildman–Crippen LogP) is 7.33. The number of benzene rings is 2.